The van der Waals surface area contributed by atoms with Crippen LogP contribution in [0.1, 0.15) is 61.3 Å². The van der Waals surface area contributed by atoms with E-state index in [4.69, 9.17) is 0 Å². The lowest BCUT2D eigenvalue weighted by Gasteiger charge is -2.27. The van der Waals surface area contributed by atoms with Gasteiger partial charge in [-0.05, 0) is 30.4 Å². The summed E-state index contributed by atoms with van der Waals surface area (Å²) in [6, 6.07) is 11.3. The van der Waals surface area contributed by atoms with Crippen LogP contribution in [0, 0.1) is 5.95 Å². The maximum Gasteiger partial charge on any atom is 0.345 e. The summed E-state index contributed by atoms with van der Waals surface area (Å²) in [6.45, 7) is 4.22. The molecule has 0 spiro atoms. The number of amides is 2. The van der Waals surface area contributed by atoms with Gasteiger partial charge in [-0.2, -0.15) is 9.49 Å². The Labute approximate surface area is 209 Å². The second-order valence-electron chi connectivity index (χ2n) is 9.43. The number of rotatable bonds is 7. The summed E-state index contributed by atoms with van der Waals surface area (Å²) < 4.78 is 17.3. The number of benzene rings is 1. The molecule has 0 unspecified atom stereocenters. The number of hydrogen-bond donors (Lipinski definition) is 1. The number of aromatic nitrogens is 4. The molecule has 190 valence electrons. The van der Waals surface area contributed by atoms with Crippen molar-refractivity contribution in [3.63, 3.8) is 0 Å². The number of nitrogens with one attached hydrogen (secondary N) is 1. The highest BCUT2D eigenvalue weighted by Gasteiger charge is 2.36. The molecule has 2 amide bonds. The summed E-state index contributed by atoms with van der Waals surface area (Å²) in [6.07, 6.45) is 1.10. The molecule has 3 heterocycles. The quantitative estimate of drug-likeness (QED) is 0.508. The molecule has 1 N–H and O–H groups in total. The van der Waals surface area contributed by atoms with Crippen LogP contribution in [-0.2, 0) is 30.1 Å². The molecule has 9 nitrogen and oxygen atoms in total. The Morgan fingerprint density at radius 2 is 1.86 bits per heavy atom. The van der Waals surface area contributed by atoms with Crippen molar-refractivity contribution in [1.82, 2.24) is 29.5 Å². The number of halogens is 1. The SMILES string of the molecule is CC(C)c1ccc([C@@H](NC(=O)[C@@H]2CCCN2C(=O)Cc2nn(C)c(=O)n2C)c2ccccc2)nc1F. The van der Waals surface area contributed by atoms with Crippen LogP contribution in [0.25, 0.3) is 0 Å². The van der Waals surface area contributed by atoms with Crippen LogP contribution >= 0.6 is 0 Å². The van der Waals surface area contributed by atoms with Crippen molar-refractivity contribution in [1.29, 1.82) is 0 Å². The number of carbonyl (C=O) groups excluding carboxylic acids is 2. The fourth-order valence-corrected chi connectivity index (χ4v) is 4.60. The van der Waals surface area contributed by atoms with Crippen LogP contribution in [0.4, 0.5) is 4.39 Å². The lowest BCUT2D eigenvalue weighted by atomic mass is 9.99. The lowest BCUT2D eigenvalue weighted by molar-refractivity contribution is -0.138. The Bertz CT molecular complexity index is 1320. The highest BCUT2D eigenvalue weighted by atomic mass is 19.1. The maximum atomic E-state index is 14.7. The van der Waals surface area contributed by atoms with E-state index in [-0.39, 0.29) is 29.8 Å². The molecule has 0 aliphatic carbocycles. The summed E-state index contributed by atoms with van der Waals surface area (Å²) in [5, 5.41) is 7.13. The van der Waals surface area contributed by atoms with Crippen LogP contribution in [0.2, 0.25) is 0 Å². The van der Waals surface area contributed by atoms with Crippen LogP contribution in [0.15, 0.2) is 47.3 Å². The molecule has 1 aromatic carbocycles. The van der Waals surface area contributed by atoms with E-state index in [0.717, 1.165) is 5.56 Å². The fourth-order valence-electron chi connectivity index (χ4n) is 4.60. The third kappa shape index (κ3) is 5.07. The Morgan fingerprint density at radius 1 is 1.14 bits per heavy atom. The number of nitrogens with zero attached hydrogens (tertiary/aromatic N) is 5. The third-order valence-corrected chi connectivity index (χ3v) is 6.64. The van der Waals surface area contributed by atoms with Gasteiger partial charge in [0.2, 0.25) is 17.8 Å². The molecule has 1 fully saturated rings. The molecule has 0 radical (unpaired) electrons. The zero-order chi connectivity index (χ0) is 26.0. The van der Waals surface area contributed by atoms with E-state index >= 15 is 0 Å². The number of carbonyl (C=O) groups is 2. The van der Waals surface area contributed by atoms with Gasteiger partial charge in [-0.25, -0.2) is 14.5 Å². The van der Waals surface area contributed by atoms with Gasteiger partial charge in [-0.1, -0.05) is 50.2 Å². The van der Waals surface area contributed by atoms with E-state index in [1.165, 1.54) is 21.2 Å². The molecule has 2 aromatic heterocycles. The molecule has 2 atom stereocenters. The molecule has 1 saturated heterocycles. The van der Waals surface area contributed by atoms with Crippen LogP contribution in [0.3, 0.4) is 0 Å². The maximum absolute atomic E-state index is 14.7. The monoisotopic (exact) mass is 494 g/mol. The minimum atomic E-state index is -0.677. The number of hydrogen-bond acceptors (Lipinski definition) is 5. The molecule has 4 rings (SSSR count). The first kappa shape index (κ1) is 25.3. The van der Waals surface area contributed by atoms with Gasteiger partial charge in [0.1, 0.15) is 11.9 Å². The summed E-state index contributed by atoms with van der Waals surface area (Å²) in [4.78, 5) is 44.2. The fraction of sp³-hybridized carbons (Fsp3) is 0.423. The summed E-state index contributed by atoms with van der Waals surface area (Å²) >= 11 is 0. The second-order valence-corrected chi connectivity index (χ2v) is 9.43. The van der Waals surface area contributed by atoms with Gasteiger partial charge in [-0.3, -0.25) is 14.2 Å². The Hall–Kier alpha value is -3.82. The van der Waals surface area contributed by atoms with Gasteiger partial charge >= 0.3 is 5.69 Å². The van der Waals surface area contributed by atoms with E-state index in [1.54, 1.807) is 19.2 Å². The zero-order valence-electron chi connectivity index (χ0n) is 20.9. The molecule has 0 saturated carbocycles. The van der Waals surface area contributed by atoms with E-state index in [9.17, 15) is 18.8 Å². The standard InChI is InChI=1S/C26H31FN6O3/c1-16(2)18-12-13-19(28-24(18)27)23(17-9-6-5-7-10-17)29-25(35)20-11-8-14-33(20)22(34)15-21-30-32(4)26(36)31(21)3/h5-7,9-10,12-13,16,20,23H,8,11,14-15H2,1-4H3,(H,29,35)/t20-,23-/m0/s1. The normalized spacial score (nSPS) is 16.4. The van der Waals surface area contributed by atoms with Crippen molar-refractivity contribution in [3.05, 3.63) is 81.5 Å². The molecule has 1 aliphatic rings. The number of pyridine rings is 1. The van der Waals surface area contributed by atoms with Crippen molar-refractivity contribution in [2.24, 2.45) is 14.1 Å². The van der Waals surface area contributed by atoms with Crippen molar-refractivity contribution < 1.29 is 14.0 Å². The molecule has 10 heteroatoms. The first-order valence-electron chi connectivity index (χ1n) is 12.1. The largest absolute Gasteiger partial charge is 0.345 e. The van der Waals surface area contributed by atoms with Crippen molar-refractivity contribution in [2.45, 2.75) is 51.1 Å². The summed E-state index contributed by atoms with van der Waals surface area (Å²) in [7, 11) is 3.09. The highest BCUT2D eigenvalue weighted by molar-refractivity contribution is 5.89. The van der Waals surface area contributed by atoms with Crippen molar-refractivity contribution in [3.8, 4) is 0 Å². The summed E-state index contributed by atoms with van der Waals surface area (Å²) in [5.74, 6) is -0.849. The molecule has 1 aliphatic heterocycles. The first-order chi connectivity index (χ1) is 17.2. The molecule has 0 bridgehead atoms. The molecular formula is C26H31FN6O3. The lowest BCUT2D eigenvalue weighted by Crippen LogP contribution is -2.47. The predicted octanol–water partition coefficient (Wildman–Crippen LogP) is 2.22. The van der Waals surface area contributed by atoms with Crippen molar-refractivity contribution >= 4 is 11.8 Å². The Kier molecular flexibility index (Phi) is 7.32. The second kappa shape index (κ2) is 10.4. The Balaban J connectivity index is 1.56. The van der Waals surface area contributed by atoms with Gasteiger partial charge in [0.05, 0.1) is 18.2 Å². The van der Waals surface area contributed by atoms with Crippen LogP contribution in [-0.4, -0.2) is 48.6 Å². The number of likely N-dealkylation sites (tertiary alicyclic amines) is 1. The minimum Gasteiger partial charge on any atom is -0.342 e. The van der Waals surface area contributed by atoms with E-state index < -0.39 is 18.0 Å². The van der Waals surface area contributed by atoms with Gasteiger partial charge < -0.3 is 10.2 Å². The van der Waals surface area contributed by atoms with E-state index in [1.807, 2.05) is 44.2 Å². The Morgan fingerprint density at radius 3 is 2.47 bits per heavy atom. The minimum absolute atomic E-state index is 0.0204. The first-order valence-corrected chi connectivity index (χ1v) is 12.1. The van der Waals surface area contributed by atoms with E-state index in [2.05, 4.69) is 15.4 Å². The van der Waals surface area contributed by atoms with Crippen LogP contribution < -0.4 is 11.0 Å². The third-order valence-electron chi connectivity index (χ3n) is 6.64. The van der Waals surface area contributed by atoms with E-state index in [0.29, 0.717) is 36.5 Å². The highest BCUT2D eigenvalue weighted by Crippen LogP contribution is 2.26. The zero-order valence-corrected chi connectivity index (χ0v) is 20.9. The molecule has 3 aromatic rings. The summed E-state index contributed by atoms with van der Waals surface area (Å²) in [5.41, 5.74) is 1.33. The van der Waals surface area contributed by atoms with Gasteiger partial charge in [-0.15, -0.1) is 0 Å². The average Bonchev–Trinajstić information content (AvgIpc) is 3.44. The predicted molar refractivity (Wildman–Crippen MR) is 132 cm³/mol. The smallest absolute Gasteiger partial charge is 0.342 e. The number of aryl methyl sites for hydroxylation is 1. The topological polar surface area (TPSA) is 102 Å². The molecular weight excluding hydrogens is 463 g/mol. The van der Waals surface area contributed by atoms with Crippen molar-refractivity contribution in [2.75, 3.05) is 6.54 Å². The van der Waals surface area contributed by atoms with Crippen LogP contribution in [0.5, 0.6) is 0 Å². The average molecular weight is 495 g/mol. The van der Waals surface area contributed by atoms with Gasteiger partial charge in [0.25, 0.3) is 0 Å². The molecule has 36 heavy (non-hydrogen) atoms. The van der Waals surface area contributed by atoms with Gasteiger partial charge in [0, 0.05) is 26.2 Å². The van der Waals surface area contributed by atoms with Gasteiger partial charge in [0.15, 0.2) is 0 Å².